The van der Waals surface area contributed by atoms with Gasteiger partial charge in [-0.2, -0.15) is 0 Å². The minimum absolute atomic E-state index is 0.528. The average Bonchev–Trinajstić information content (AvgIpc) is 2.46. The van der Waals surface area contributed by atoms with E-state index in [0.717, 1.165) is 16.0 Å². The third kappa shape index (κ3) is 4.14. The van der Waals surface area contributed by atoms with Crippen molar-refractivity contribution in [3.63, 3.8) is 0 Å². The Morgan fingerprint density at radius 1 is 1.11 bits per heavy atom. The van der Waals surface area contributed by atoms with Crippen LogP contribution in [0.3, 0.4) is 0 Å². The van der Waals surface area contributed by atoms with Gasteiger partial charge >= 0.3 is 0 Å². The zero-order valence-corrected chi connectivity index (χ0v) is 12.3. The van der Waals surface area contributed by atoms with Crippen LogP contribution < -0.4 is 9.47 Å². The van der Waals surface area contributed by atoms with Gasteiger partial charge in [-0.15, -0.1) is 0 Å². The zero-order valence-electron chi connectivity index (χ0n) is 10.7. The maximum Gasteiger partial charge on any atom is 0.134 e. The highest BCUT2D eigenvalue weighted by atomic mass is 79.9. The van der Waals surface area contributed by atoms with Crippen LogP contribution in [0.5, 0.6) is 11.5 Å². The third-order valence-electron chi connectivity index (χ3n) is 2.58. The van der Waals surface area contributed by atoms with Crippen LogP contribution >= 0.6 is 15.9 Å². The van der Waals surface area contributed by atoms with E-state index in [9.17, 15) is 0 Å². The van der Waals surface area contributed by atoms with Crippen LogP contribution in [0.4, 0.5) is 0 Å². The number of hydrogen-bond donors (Lipinski definition) is 0. The fourth-order valence-corrected chi connectivity index (χ4v) is 2.08. The summed E-state index contributed by atoms with van der Waals surface area (Å²) in [5.74, 6) is 1.61. The fraction of sp³-hybridized carbons (Fsp3) is 0.125. The molecule has 2 nitrogen and oxygen atoms in total. The van der Waals surface area contributed by atoms with Crippen LogP contribution in [-0.2, 0) is 0 Å². The van der Waals surface area contributed by atoms with Crippen LogP contribution in [-0.4, -0.2) is 13.7 Å². The van der Waals surface area contributed by atoms with Gasteiger partial charge in [-0.25, -0.2) is 0 Å². The zero-order chi connectivity index (χ0) is 13.5. The summed E-state index contributed by atoms with van der Waals surface area (Å²) in [6.45, 7) is 0.528. The summed E-state index contributed by atoms with van der Waals surface area (Å²) in [7, 11) is 1.64. The standard InChI is InChI=1S/C16H15BrO2/c1-18-14-9-10-16(15(17)12-14)19-11-5-8-13-6-3-2-4-7-13/h2-10,12H,11H2,1H3/b8-5+. The van der Waals surface area contributed by atoms with E-state index in [1.54, 1.807) is 7.11 Å². The van der Waals surface area contributed by atoms with Crippen molar-refractivity contribution in [2.75, 3.05) is 13.7 Å². The molecule has 19 heavy (non-hydrogen) atoms. The van der Waals surface area contributed by atoms with Crippen LogP contribution in [0, 0.1) is 0 Å². The fourth-order valence-electron chi connectivity index (χ4n) is 1.61. The van der Waals surface area contributed by atoms with Crippen molar-refractivity contribution >= 4 is 22.0 Å². The second-order valence-corrected chi connectivity index (χ2v) is 4.77. The van der Waals surface area contributed by atoms with E-state index in [0.29, 0.717) is 6.61 Å². The highest BCUT2D eigenvalue weighted by molar-refractivity contribution is 9.10. The highest BCUT2D eigenvalue weighted by Gasteiger charge is 2.01. The molecule has 3 heteroatoms. The maximum atomic E-state index is 5.67. The molecule has 2 aromatic rings. The van der Waals surface area contributed by atoms with Crippen molar-refractivity contribution in [3.05, 3.63) is 64.6 Å². The van der Waals surface area contributed by atoms with Crippen molar-refractivity contribution in [2.45, 2.75) is 0 Å². The molecule has 0 fully saturated rings. The minimum atomic E-state index is 0.528. The second-order valence-electron chi connectivity index (χ2n) is 3.92. The van der Waals surface area contributed by atoms with Gasteiger partial charge in [0.1, 0.15) is 18.1 Å². The lowest BCUT2D eigenvalue weighted by atomic mass is 10.2. The number of methoxy groups -OCH3 is 1. The Morgan fingerprint density at radius 2 is 1.89 bits per heavy atom. The summed E-state index contributed by atoms with van der Waals surface area (Å²) in [6, 6.07) is 15.8. The van der Waals surface area contributed by atoms with Gasteiger partial charge in [-0.1, -0.05) is 36.4 Å². The SMILES string of the molecule is COc1ccc(OC/C=C/c2ccccc2)c(Br)c1. The Kier molecular flexibility index (Phi) is 5.04. The van der Waals surface area contributed by atoms with E-state index in [1.165, 1.54) is 5.56 Å². The molecule has 0 saturated heterocycles. The molecule has 2 aromatic carbocycles. The summed E-state index contributed by atoms with van der Waals surface area (Å²) in [5.41, 5.74) is 1.17. The number of hydrogen-bond acceptors (Lipinski definition) is 2. The molecule has 0 unspecified atom stereocenters. The first-order valence-electron chi connectivity index (χ1n) is 5.97. The van der Waals surface area contributed by atoms with Gasteiger partial charge in [-0.05, 0) is 45.8 Å². The third-order valence-corrected chi connectivity index (χ3v) is 3.20. The van der Waals surface area contributed by atoms with Crippen molar-refractivity contribution in [3.8, 4) is 11.5 Å². The largest absolute Gasteiger partial charge is 0.497 e. The van der Waals surface area contributed by atoms with Crippen LogP contribution in [0.2, 0.25) is 0 Å². The predicted molar refractivity (Wildman–Crippen MR) is 81.7 cm³/mol. The molecule has 0 N–H and O–H groups in total. The van der Waals surface area contributed by atoms with Crippen molar-refractivity contribution in [2.24, 2.45) is 0 Å². The molecule has 98 valence electrons. The molecule has 0 amide bonds. The number of rotatable bonds is 5. The van der Waals surface area contributed by atoms with E-state index >= 15 is 0 Å². The predicted octanol–water partition coefficient (Wildman–Crippen LogP) is 4.55. The summed E-state index contributed by atoms with van der Waals surface area (Å²) < 4.78 is 11.7. The number of benzene rings is 2. The molecule has 0 aliphatic rings. The molecule has 0 bridgehead atoms. The van der Waals surface area contributed by atoms with Gasteiger partial charge in [0.15, 0.2) is 0 Å². The normalized spacial score (nSPS) is 10.6. The van der Waals surface area contributed by atoms with E-state index in [1.807, 2.05) is 48.6 Å². The van der Waals surface area contributed by atoms with Gasteiger partial charge in [0.25, 0.3) is 0 Å². The number of halogens is 1. The molecule has 0 radical (unpaired) electrons. The van der Waals surface area contributed by atoms with Gasteiger partial charge in [0.2, 0.25) is 0 Å². The Hall–Kier alpha value is -1.74. The van der Waals surface area contributed by atoms with Crippen LogP contribution in [0.25, 0.3) is 6.08 Å². The maximum absolute atomic E-state index is 5.67. The van der Waals surface area contributed by atoms with Gasteiger partial charge in [-0.3, -0.25) is 0 Å². The quantitative estimate of drug-likeness (QED) is 0.805. The summed E-state index contributed by atoms with van der Waals surface area (Å²) in [6.07, 6.45) is 4.03. The Bertz CT molecular complexity index is 550. The number of ether oxygens (including phenoxy) is 2. The van der Waals surface area contributed by atoms with E-state index < -0.39 is 0 Å². The molecule has 0 aromatic heterocycles. The molecule has 0 saturated carbocycles. The molecule has 0 spiro atoms. The first-order valence-corrected chi connectivity index (χ1v) is 6.77. The lowest BCUT2D eigenvalue weighted by Crippen LogP contribution is -1.94. The highest BCUT2D eigenvalue weighted by Crippen LogP contribution is 2.29. The summed E-state index contributed by atoms with van der Waals surface area (Å²) in [4.78, 5) is 0. The lowest BCUT2D eigenvalue weighted by molar-refractivity contribution is 0.359. The van der Waals surface area contributed by atoms with Gasteiger partial charge < -0.3 is 9.47 Å². The van der Waals surface area contributed by atoms with Gasteiger partial charge in [0, 0.05) is 0 Å². The second kappa shape index (κ2) is 7.00. The Balaban J connectivity index is 1.91. The molecule has 0 heterocycles. The lowest BCUT2D eigenvalue weighted by Gasteiger charge is -2.07. The molecular formula is C16H15BrO2. The van der Waals surface area contributed by atoms with E-state index in [-0.39, 0.29) is 0 Å². The molecule has 0 aliphatic heterocycles. The molecule has 0 aliphatic carbocycles. The molecule has 0 atom stereocenters. The van der Waals surface area contributed by atoms with Crippen molar-refractivity contribution in [1.82, 2.24) is 0 Å². The monoisotopic (exact) mass is 318 g/mol. The molecular weight excluding hydrogens is 304 g/mol. The smallest absolute Gasteiger partial charge is 0.134 e. The van der Waals surface area contributed by atoms with Crippen molar-refractivity contribution < 1.29 is 9.47 Å². The summed E-state index contributed by atoms with van der Waals surface area (Å²) >= 11 is 3.46. The van der Waals surface area contributed by atoms with Crippen LogP contribution in [0.1, 0.15) is 5.56 Å². The van der Waals surface area contributed by atoms with E-state index in [4.69, 9.17) is 9.47 Å². The first kappa shape index (κ1) is 13.7. The average molecular weight is 319 g/mol. The van der Waals surface area contributed by atoms with E-state index in [2.05, 4.69) is 28.1 Å². The minimum Gasteiger partial charge on any atom is -0.497 e. The Labute approximate surface area is 121 Å². The van der Waals surface area contributed by atoms with Crippen LogP contribution in [0.15, 0.2) is 59.1 Å². The topological polar surface area (TPSA) is 18.5 Å². The van der Waals surface area contributed by atoms with Gasteiger partial charge in [0.05, 0.1) is 11.6 Å². The molecule has 2 rings (SSSR count). The summed E-state index contributed by atoms with van der Waals surface area (Å²) in [5, 5.41) is 0. The Morgan fingerprint density at radius 3 is 2.58 bits per heavy atom. The van der Waals surface area contributed by atoms with Crippen molar-refractivity contribution in [1.29, 1.82) is 0 Å². The first-order chi connectivity index (χ1) is 9.29.